The molecule has 49 heavy (non-hydrogen) atoms. The number of piperazine rings is 1. The topological polar surface area (TPSA) is 119 Å². The van der Waals surface area contributed by atoms with Gasteiger partial charge >= 0.3 is 0 Å². The third-order valence-electron chi connectivity index (χ3n) is 9.18. The maximum Gasteiger partial charge on any atom is 0.259 e. The number of hydrogen-bond donors (Lipinski definition) is 2. The molecule has 2 saturated heterocycles. The van der Waals surface area contributed by atoms with E-state index in [1.54, 1.807) is 18.1 Å². The number of nitrogens with one attached hydrogen (secondary N) is 1. The molecule has 4 rings (SSSR count). The number of benzene rings is 1. The number of amides is 2. The van der Waals surface area contributed by atoms with Crippen molar-refractivity contribution in [1.82, 2.24) is 20.0 Å². The number of allylic oxidation sites excluding steroid dienone is 2. The van der Waals surface area contributed by atoms with Crippen molar-refractivity contribution in [3.63, 3.8) is 0 Å². The van der Waals surface area contributed by atoms with E-state index < -0.39 is 11.4 Å². The largest absolute Gasteiger partial charge is 0.369 e. The van der Waals surface area contributed by atoms with Gasteiger partial charge in [0.15, 0.2) is 5.84 Å². The van der Waals surface area contributed by atoms with Gasteiger partial charge < -0.3 is 30.5 Å². The summed E-state index contributed by atoms with van der Waals surface area (Å²) < 4.78 is 6.51. The van der Waals surface area contributed by atoms with E-state index in [0.29, 0.717) is 23.5 Å². The van der Waals surface area contributed by atoms with Crippen molar-refractivity contribution >= 4 is 35.7 Å². The van der Waals surface area contributed by atoms with Gasteiger partial charge in [-0.1, -0.05) is 38.8 Å². The first-order valence-corrected chi connectivity index (χ1v) is 17.7. The molecule has 0 bridgehead atoms. The average Bonchev–Trinajstić information content (AvgIpc) is 3.15. The lowest BCUT2D eigenvalue weighted by molar-refractivity contribution is -0.210. The van der Waals surface area contributed by atoms with Gasteiger partial charge in [0, 0.05) is 52.4 Å². The Kier molecular flexibility index (Phi) is 14.3. The van der Waals surface area contributed by atoms with Gasteiger partial charge in [-0.25, -0.2) is 4.99 Å². The molecule has 3 N–H and O–H groups in total. The summed E-state index contributed by atoms with van der Waals surface area (Å²) in [6.07, 6.45) is 11.8. The number of hydrogen-bond acceptors (Lipinski definition) is 8. The van der Waals surface area contributed by atoms with Gasteiger partial charge in [0.25, 0.3) is 5.91 Å². The first-order chi connectivity index (χ1) is 23.3. The summed E-state index contributed by atoms with van der Waals surface area (Å²) >= 11 is 0. The molecule has 1 aliphatic carbocycles. The van der Waals surface area contributed by atoms with Gasteiger partial charge in [-0.15, -0.1) is 0 Å². The molecule has 0 unspecified atom stereocenters. The van der Waals surface area contributed by atoms with Gasteiger partial charge in [-0.2, -0.15) is 0 Å². The Labute approximate surface area is 294 Å². The van der Waals surface area contributed by atoms with E-state index in [-0.39, 0.29) is 11.8 Å². The maximum atomic E-state index is 13.4. The number of fused-ring (bicyclic) bond motifs is 1. The Morgan fingerprint density at radius 3 is 2.33 bits per heavy atom. The number of aliphatic imine (C=N–C) groups is 2. The summed E-state index contributed by atoms with van der Waals surface area (Å²) in [4.78, 5) is 43.4. The van der Waals surface area contributed by atoms with Crippen LogP contribution >= 0.6 is 0 Å². The number of carbonyl (C=O) groups excluding carboxylic acids is 2. The summed E-state index contributed by atoms with van der Waals surface area (Å²) in [5, 5.41) is 3.08. The molecule has 2 amide bonds. The van der Waals surface area contributed by atoms with Crippen molar-refractivity contribution in [3.05, 3.63) is 59.1 Å². The summed E-state index contributed by atoms with van der Waals surface area (Å²) in [5.41, 5.74) is 8.51. The lowest BCUT2D eigenvalue weighted by Crippen LogP contribution is -2.60. The highest BCUT2D eigenvalue weighted by molar-refractivity contribution is 6.11. The molecule has 2 fully saturated rings. The van der Waals surface area contributed by atoms with Crippen molar-refractivity contribution in [1.29, 1.82) is 0 Å². The van der Waals surface area contributed by atoms with Crippen LogP contribution in [-0.2, 0) is 20.7 Å². The second-order valence-corrected chi connectivity index (χ2v) is 13.5. The highest BCUT2D eigenvalue weighted by Gasteiger charge is 2.37. The number of nitrogens with zero attached hydrogens (tertiary/aromatic N) is 6. The van der Waals surface area contributed by atoms with Crippen LogP contribution in [-0.4, -0.2) is 97.8 Å². The number of unbranched alkanes of at least 4 members (excludes halogenated alkanes) is 2. The molecule has 3 aliphatic rings. The number of likely N-dealkylation sites (N-methyl/N-ethyl adjacent to an activating group) is 2. The number of aryl methyl sites for hydroxylation is 1. The molecule has 0 radical (unpaired) electrons. The standard InChI is InChI=1S/C37H55N7O3.CH5N/c1-10-12-13-18-33(45)40-36(3,4)47-37(5,6)44-23-21-43(22-24-44)28-19-20-30(27(11-2)25-28)39-34-32(26-38-7)42(9)35(46)29-16-14-15-17-31(29)41(34)8;1-2/h16-17,19-20,25-26H,7,10-15,18,21-24H2,1-6,8-9H3,(H,40,45);2H2,1H3/b32-26+,39-34?;. The number of rotatable bonds is 12. The van der Waals surface area contributed by atoms with Crippen LogP contribution in [0.4, 0.5) is 11.4 Å². The zero-order valence-electron chi connectivity index (χ0n) is 31.4. The minimum Gasteiger partial charge on any atom is -0.369 e. The zero-order valence-corrected chi connectivity index (χ0v) is 31.4. The first-order valence-electron chi connectivity index (χ1n) is 17.7. The van der Waals surface area contributed by atoms with Crippen LogP contribution < -0.4 is 16.0 Å². The summed E-state index contributed by atoms with van der Waals surface area (Å²) in [5.74, 6) is 0.619. The van der Waals surface area contributed by atoms with Gasteiger partial charge in [0.1, 0.15) is 17.1 Å². The fraction of sp³-hybridized carbons (Fsp3) is 0.579. The van der Waals surface area contributed by atoms with Crippen molar-refractivity contribution in [2.75, 3.05) is 52.2 Å². The minimum absolute atomic E-state index is 0.0351. The molecule has 0 saturated carbocycles. The maximum absolute atomic E-state index is 13.4. The van der Waals surface area contributed by atoms with E-state index >= 15 is 0 Å². The van der Waals surface area contributed by atoms with Crippen LogP contribution in [0.25, 0.3) is 0 Å². The number of ether oxygens (including phenoxy) is 1. The zero-order chi connectivity index (χ0) is 36.4. The van der Waals surface area contributed by atoms with E-state index in [1.165, 1.54) is 7.05 Å². The monoisotopic (exact) mass is 676 g/mol. The van der Waals surface area contributed by atoms with Crippen LogP contribution in [0, 0.1) is 0 Å². The lowest BCUT2D eigenvalue weighted by Gasteiger charge is -2.47. The predicted molar refractivity (Wildman–Crippen MR) is 202 cm³/mol. The highest BCUT2D eigenvalue weighted by Crippen LogP contribution is 2.34. The molecule has 11 heteroatoms. The summed E-state index contributed by atoms with van der Waals surface area (Å²) in [6.45, 7) is 19.3. The third-order valence-corrected chi connectivity index (χ3v) is 9.18. The van der Waals surface area contributed by atoms with E-state index in [0.717, 1.165) is 87.3 Å². The molecular formula is C38H60N8O3. The Morgan fingerprint density at radius 2 is 1.69 bits per heavy atom. The molecule has 0 atom stereocenters. The second-order valence-electron chi connectivity index (χ2n) is 13.5. The van der Waals surface area contributed by atoms with Gasteiger partial charge in [0.2, 0.25) is 5.91 Å². The Hall–Kier alpha value is -3.80. The molecule has 2 heterocycles. The fourth-order valence-electron chi connectivity index (χ4n) is 6.69. The number of carbonyl (C=O) groups is 2. The second kappa shape index (κ2) is 17.7. The molecular weight excluding hydrogens is 616 g/mol. The smallest absolute Gasteiger partial charge is 0.259 e. The van der Waals surface area contributed by atoms with E-state index in [9.17, 15) is 9.59 Å². The van der Waals surface area contributed by atoms with Gasteiger partial charge in [-0.3, -0.25) is 19.5 Å². The highest BCUT2D eigenvalue weighted by atomic mass is 16.6. The van der Waals surface area contributed by atoms with E-state index in [1.807, 2.05) is 31.9 Å². The number of anilines is 1. The Balaban J connectivity index is 0.00000319. The van der Waals surface area contributed by atoms with Crippen LogP contribution in [0.15, 0.2) is 63.5 Å². The number of amidine groups is 1. The van der Waals surface area contributed by atoms with Crippen molar-refractivity contribution in [2.45, 2.75) is 97.9 Å². The molecule has 0 aromatic heterocycles. The predicted octanol–water partition coefficient (Wildman–Crippen LogP) is 5.71. The molecule has 1 aromatic rings. The van der Waals surface area contributed by atoms with E-state index in [4.69, 9.17) is 9.73 Å². The Morgan fingerprint density at radius 1 is 1.02 bits per heavy atom. The SMILES string of the molecule is C=N/C=C1\C(=Nc2ccc(N3CCN(C(C)(C)OC(C)(C)NC(=O)CCCCC)CC3)cc2CC)N(C)C2=CCCC=C2C(=O)N1C.CN. The quantitative estimate of drug-likeness (QED) is 0.165. The van der Waals surface area contributed by atoms with Crippen LogP contribution in [0.3, 0.4) is 0 Å². The minimum atomic E-state index is -0.771. The normalized spacial score (nSPS) is 19.1. The van der Waals surface area contributed by atoms with Gasteiger partial charge in [-0.05, 0) is 90.9 Å². The third kappa shape index (κ3) is 9.89. The summed E-state index contributed by atoms with van der Waals surface area (Å²) in [7, 11) is 5.23. The average molecular weight is 677 g/mol. The molecule has 0 spiro atoms. The van der Waals surface area contributed by atoms with Crippen molar-refractivity contribution in [3.8, 4) is 0 Å². The first kappa shape index (κ1) is 39.6. The molecule has 11 nitrogen and oxygen atoms in total. The Bertz CT molecular complexity index is 1450. The fourth-order valence-corrected chi connectivity index (χ4v) is 6.69. The van der Waals surface area contributed by atoms with Crippen LogP contribution in [0.5, 0.6) is 0 Å². The molecule has 1 aromatic carbocycles. The molecule has 2 aliphatic heterocycles. The number of nitrogens with two attached hydrogens (primary N) is 1. The van der Waals surface area contributed by atoms with Crippen molar-refractivity contribution in [2.24, 2.45) is 15.7 Å². The van der Waals surface area contributed by atoms with Crippen molar-refractivity contribution < 1.29 is 14.3 Å². The van der Waals surface area contributed by atoms with Gasteiger partial charge in [0.05, 0.1) is 23.2 Å². The lowest BCUT2D eigenvalue weighted by atomic mass is 10.0. The summed E-state index contributed by atoms with van der Waals surface area (Å²) in [6, 6.07) is 6.45. The van der Waals surface area contributed by atoms with E-state index in [2.05, 4.69) is 84.5 Å². The van der Waals surface area contributed by atoms with Crippen LogP contribution in [0.2, 0.25) is 0 Å². The van der Waals surface area contributed by atoms with Crippen LogP contribution in [0.1, 0.15) is 85.6 Å². The molecule has 270 valence electrons.